The summed E-state index contributed by atoms with van der Waals surface area (Å²) in [5.74, 6) is 0. The Morgan fingerprint density at radius 2 is 1.81 bits per heavy atom. The van der Waals surface area contributed by atoms with Gasteiger partial charge >= 0.3 is 0 Å². The van der Waals surface area contributed by atoms with E-state index < -0.39 is 0 Å². The first kappa shape index (κ1) is 14.7. The van der Waals surface area contributed by atoms with Gasteiger partial charge in [0.05, 0.1) is 5.60 Å². The minimum atomic E-state index is 0.129. The Kier molecular flexibility index (Phi) is 8.00. The van der Waals surface area contributed by atoms with Gasteiger partial charge in [-0.05, 0) is 6.42 Å². The number of hydrogen-bond donors (Lipinski definition) is 0. The molecule has 0 radical (unpaired) electrons. The maximum Gasteiger partial charge on any atom is 0.0815 e. The number of unbranched alkanes of at least 4 members (excludes halogenated alkanes) is 4. The van der Waals surface area contributed by atoms with Crippen LogP contribution in [-0.4, -0.2) is 29.8 Å². The van der Waals surface area contributed by atoms with Crippen LogP contribution in [0.2, 0.25) is 0 Å². The Labute approximate surface area is 114 Å². The van der Waals surface area contributed by atoms with Crippen molar-refractivity contribution in [3.8, 4) is 0 Å². The van der Waals surface area contributed by atoms with Crippen molar-refractivity contribution >= 4 is 22.6 Å². The van der Waals surface area contributed by atoms with Crippen LogP contribution in [0.25, 0.3) is 0 Å². The van der Waals surface area contributed by atoms with Crippen molar-refractivity contribution in [1.82, 2.24) is 0 Å². The number of halogens is 1. The normalized spacial score (nSPS) is 19.9. The van der Waals surface area contributed by atoms with Gasteiger partial charge < -0.3 is 9.47 Å². The molecule has 0 aromatic rings. The second kappa shape index (κ2) is 8.70. The summed E-state index contributed by atoms with van der Waals surface area (Å²) in [6, 6.07) is 0. The van der Waals surface area contributed by atoms with Gasteiger partial charge in [0.25, 0.3) is 0 Å². The molecule has 1 fully saturated rings. The molecule has 1 aliphatic rings. The molecule has 1 rings (SSSR count). The van der Waals surface area contributed by atoms with Gasteiger partial charge in [0.1, 0.15) is 0 Å². The molecular weight excluding hydrogens is 315 g/mol. The average Bonchev–Trinajstić information content (AvgIpc) is 2.35. The highest BCUT2D eigenvalue weighted by Crippen LogP contribution is 2.27. The Bertz CT molecular complexity index is 167. The molecule has 0 aromatic carbocycles. The molecule has 0 unspecified atom stereocenters. The van der Waals surface area contributed by atoms with Gasteiger partial charge in [-0.1, -0.05) is 55.2 Å². The molecule has 0 N–H and O–H groups in total. The lowest BCUT2D eigenvalue weighted by atomic mass is 9.97. The molecule has 0 atom stereocenters. The Morgan fingerprint density at radius 3 is 2.44 bits per heavy atom. The smallest absolute Gasteiger partial charge is 0.0815 e. The lowest BCUT2D eigenvalue weighted by molar-refractivity contribution is -0.0949. The molecule has 3 heteroatoms. The first-order chi connectivity index (χ1) is 7.83. The van der Waals surface area contributed by atoms with Crippen LogP contribution in [0.4, 0.5) is 0 Å². The van der Waals surface area contributed by atoms with Gasteiger partial charge in [0.2, 0.25) is 0 Å². The highest BCUT2D eigenvalue weighted by Gasteiger charge is 2.32. The van der Waals surface area contributed by atoms with Gasteiger partial charge in [0.15, 0.2) is 0 Å². The van der Waals surface area contributed by atoms with Crippen LogP contribution < -0.4 is 0 Å². The highest BCUT2D eigenvalue weighted by molar-refractivity contribution is 14.1. The van der Waals surface area contributed by atoms with Gasteiger partial charge in [-0.3, -0.25) is 0 Å². The minimum Gasteiger partial charge on any atom is -0.381 e. The zero-order chi connectivity index (χ0) is 11.7. The Morgan fingerprint density at radius 1 is 1.12 bits per heavy atom. The van der Waals surface area contributed by atoms with Crippen LogP contribution in [0.15, 0.2) is 0 Å². The van der Waals surface area contributed by atoms with E-state index in [1.807, 2.05) is 0 Å². The van der Waals surface area contributed by atoms with E-state index in [-0.39, 0.29) is 5.60 Å². The third-order valence-corrected chi connectivity index (χ3v) is 4.69. The van der Waals surface area contributed by atoms with E-state index in [1.165, 1.54) is 32.1 Å². The largest absolute Gasteiger partial charge is 0.381 e. The van der Waals surface area contributed by atoms with Crippen LogP contribution >= 0.6 is 22.6 Å². The standard InChI is InChI=1S/C13H25IO2/c1-2-3-4-5-6-9-16-13(12-14)7-10-15-11-8-13/h2-12H2,1H3. The first-order valence-corrected chi connectivity index (χ1v) is 8.13. The zero-order valence-corrected chi connectivity index (χ0v) is 12.6. The summed E-state index contributed by atoms with van der Waals surface area (Å²) in [6.45, 7) is 4.94. The van der Waals surface area contributed by atoms with E-state index in [9.17, 15) is 0 Å². The van der Waals surface area contributed by atoms with E-state index in [4.69, 9.17) is 9.47 Å². The van der Waals surface area contributed by atoms with Crippen LogP contribution in [-0.2, 0) is 9.47 Å². The number of alkyl halides is 1. The fraction of sp³-hybridized carbons (Fsp3) is 1.00. The van der Waals surface area contributed by atoms with Crippen LogP contribution in [0, 0.1) is 0 Å². The first-order valence-electron chi connectivity index (χ1n) is 6.61. The maximum absolute atomic E-state index is 6.11. The van der Waals surface area contributed by atoms with E-state index in [1.54, 1.807) is 0 Å². The second-order valence-electron chi connectivity index (χ2n) is 4.69. The number of ether oxygens (including phenoxy) is 2. The Balaban J connectivity index is 2.08. The summed E-state index contributed by atoms with van der Waals surface area (Å²) in [5.41, 5.74) is 0.129. The van der Waals surface area contributed by atoms with Gasteiger partial charge in [-0.15, -0.1) is 0 Å². The third-order valence-electron chi connectivity index (χ3n) is 3.30. The third kappa shape index (κ3) is 5.32. The summed E-state index contributed by atoms with van der Waals surface area (Å²) in [5, 5.41) is 0. The van der Waals surface area contributed by atoms with Gasteiger partial charge in [-0.25, -0.2) is 0 Å². The predicted molar refractivity (Wildman–Crippen MR) is 76.4 cm³/mol. The predicted octanol–water partition coefficient (Wildman–Crippen LogP) is 3.96. The minimum absolute atomic E-state index is 0.129. The number of hydrogen-bond acceptors (Lipinski definition) is 2. The van der Waals surface area contributed by atoms with Crippen LogP contribution in [0.5, 0.6) is 0 Å². The monoisotopic (exact) mass is 340 g/mol. The second-order valence-corrected chi connectivity index (χ2v) is 5.45. The lowest BCUT2D eigenvalue weighted by Crippen LogP contribution is -2.41. The van der Waals surface area contributed by atoms with Crippen LogP contribution in [0.1, 0.15) is 51.9 Å². The number of rotatable bonds is 8. The molecule has 96 valence electrons. The molecule has 0 saturated carbocycles. The van der Waals surface area contributed by atoms with E-state index in [0.717, 1.165) is 37.1 Å². The molecular formula is C13H25IO2. The van der Waals surface area contributed by atoms with Crippen molar-refractivity contribution in [3.63, 3.8) is 0 Å². The zero-order valence-electron chi connectivity index (χ0n) is 10.5. The van der Waals surface area contributed by atoms with Crippen molar-refractivity contribution in [2.45, 2.75) is 57.5 Å². The molecule has 2 nitrogen and oxygen atoms in total. The lowest BCUT2D eigenvalue weighted by Gasteiger charge is -2.35. The molecule has 0 spiro atoms. The molecule has 1 heterocycles. The highest BCUT2D eigenvalue weighted by atomic mass is 127. The van der Waals surface area contributed by atoms with Crippen molar-refractivity contribution in [1.29, 1.82) is 0 Å². The molecule has 0 aliphatic carbocycles. The van der Waals surface area contributed by atoms with Crippen molar-refractivity contribution in [2.75, 3.05) is 24.2 Å². The van der Waals surface area contributed by atoms with E-state index >= 15 is 0 Å². The summed E-state index contributed by atoms with van der Waals surface area (Å²) in [4.78, 5) is 0. The fourth-order valence-corrected chi connectivity index (χ4v) is 3.04. The summed E-state index contributed by atoms with van der Waals surface area (Å²) in [7, 11) is 0. The van der Waals surface area contributed by atoms with Gasteiger partial charge in [-0.2, -0.15) is 0 Å². The molecule has 0 amide bonds. The van der Waals surface area contributed by atoms with Crippen molar-refractivity contribution in [2.24, 2.45) is 0 Å². The Hall–Kier alpha value is 0.650. The van der Waals surface area contributed by atoms with Gasteiger partial charge in [0, 0.05) is 37.1 Å². The molecule has 16 heavy (non-hydrogen) atoms. The van der Waals surface area contributed by atoms with E-state index in [0.29, 0.717) is 0 Å². The SMILES string of the molecule is CCCCCCCOC1(CI)CCOCC1. The van der Waals surface area contributed by atoms with Crippen molar-refractivity contribution < 1.29 is 9.47 Å². The quantitative estimate of drug-likeness (QED) is 0.378. The van der Waals surface area contributed by atoms with E-state index in [2.05, 4.69) is 29.5 Å². The maximum atomic E-state index is 6.11. The summed E-state index contributed by atoms with van der Waals surface area (Å²) >= 11 is 2.45. The molecule has 1 saturated heterocycles. The summed E-state index contributed by atoms with van der Waals surface area (Å²) in [6.07, 6.45) is 8.73. The molecule has 0 bridgehead atoms. The van der Waals surface area contributed by atoms with Crippen molar-refractivity contribution in [3.05, 3.63) is 0 Å². The molecule has 1 aliphatic heterocycles. The summed E-state index contributed by atoms with van der Waals surface area (Å²) < 4.78 is 12.6. The molecule has 0 aromatic heterocycles. The van der Waals surface area contributed by atoms with Crippen LogP contribution in [0.3, 0.4) is 0 Å². The topological polar surface area (TPSA) is 18.5 Å². The fourth-order valence-electron chi connectivity index (χ4n) is 2.05. The average molecular weight is 340 g/mol.